The van der Waals surface area contributed by atoms with Gasteiger partial charge in [0.25, 0.3) is 5.91 Å². The number of carbonyl (C=O) groups is 2. The second kappa shape index (κ2) is 11.6. The molecule has 30 heavy (non-hydrogen) atoms. The van der Waals surface area contributed by atoms with Gasteiger partial charge < -0.3 is 15.0 Å². The minimum atomic E-state index is -0.581. The molecule has 2 aromatic rings. The van der Waals surface area contributed by atoms with Gasteiger partial charge in [-0.2, -0.15) is 0 Å². The van der Waals surface area contributed by atoms with Crippen LogP contribution in [0.4, 0.5) is 0 Å². The van der Waals surface area contributed by atoms with E-state index in [4.69, 9.17) is 16.3 Å². The molecule has 1 N–H and O–H groups in total. The molecular formula is C24H31ClN2O3. The molecule has 0 aliphatic carbocycles. The quantitative estimate of drug-likeness (QED) is 0.591. The molecule has 0 radical (unpaired) electrons. The highest BCUT2D eigenvalue weighted by Gasteiger charge is 2.29. The van der Waals surface area contributed by atoms with Crippen molar-refractivity contribution in [2.45, 2.75) is 59.2 Å². The Morgan fingerprint density at radius 1 is 1.07 bits per heavy atom. The van der Waals surface area contributed by atoms with Crippen LogP contribution in [0.2, 0.25) is 5.02 Å². The first-order valence-electron chi connectivity index (χ1n) is 10.4. The van der Waals surface area contributed by atoms with Gasteiger partial charge in [-0.25, -0.2) is 0 Å². The van der Waals surface area contributed by atoms with Crippen molar-refractivity contribution in [2.24, 2.45) is 0 Å². The number of aryl methyl sites for hydroxylation is 1. The van der Waals surface area contributed by atoms with Crippen molar-refractivity contribution in [3.8, 4) is 5.75 Å². The molecule has 0 saturated carbocycles. The zero-order valence-electron chi connectivity index (χ0n) is 18.2. The van der Waals surface area contributed by atoms with Crippen LogP contribution in [0.1, 0.15) is 44.7 Å². The van der Waals surface area contributed by atoms with Gasteiger partial charge in [-0.1, -0.05) is 55.8 Å². The van der Waals surface area contributed by atoms with Crippen LogP contribution in [0.5, 0.6) is 5.75 Å². The van der Waals surface area contributed by atoms with Gasteiger partial charge in [0, 0.05) is 17.6 Å². The Balaban J connectivity index is 2.21. The maximum absolute atomic E-state index is 13.2. The predicted octanol–water partition coefficient (Wildman–Crippen LogP) is 4.75. The van der Waals surface area contributed by atoms with E-state index in [1.807, 2.05) is 64.1 Å². The highest BCUT2D eigenvalue weighted by atomic mass is 35.5. The van der Waals surface area contributed by atoms with Crippen LogP contribution < -0.4 is 10.1 Å². The lowest BCUT2D eigenvalue weighted by atomic mass is 10.1. The second-order valence-electron chi connectivity index (χ2n) is 7.44. The minimum absolute atomic E-state index is 0.0438. The summed E-state index contributed by atoms with van der Waals surface area (Å²) in [7, 11) is 0. The van der Waals surface area contributed by atoms with Crippen molar-refractivity contribution in [1.82, 2.24) is 10.2 Å². The van der Waals surface area contributed by atoms with Crippen LogP contribution in [0.15, 0.2) is 48.5 Å². The van der Waals surface area contributed by atoms with E-state index in [-0.39, 0.29) is 24.5 Å². The minimum Gasteiger partial charge on any atom is -0.484 e. The Labute approximate surface area is 184 Å². The Bertz CT molecular complexity index is 839. The highest BCUT2D eigenvalue weighted by Crippen LogP contribution is 2.18. The molecule has 0 aliphatic heterocycles. The van der Waals surface area contributed by atoms with Crippen molar-refractivity contribution >= 4 is 23.4 Å². The Morgan fingerprint density at radius 3 is 2.33 bits per heavy atom. The van der Waals surface area contributed by atoms with Crippen LogP contribution in [-0.4, -0.2) is 35.4 Å². The topological polar surface area (TPSA) is 58.6 Å². The first kappa shape index (κ1) is 23.7. The van der Waals surface area contributed by atoms with Gasteiger partial charge in [0.2, 0.25) is 5.91 Å². The average molecular weight is 431 g/mol. The molecule has 0 heterocycles. The Kier molecular flexibility index (Phi) is 9.18. The van der Waals surface area contributed by atoms with Gasteiger partial charge in [0.05, 0.1) is 0 Å². The normalized spacial score (nSPS) is 12.7. The molecule has 0 aliphatic rings. The van der Waals surface area contributed by atoms with Crippen LogP contribution in [0.25, 0.3) is 0 Å². The van der Waals surface area contributed by atoms with Crippen molar-refractivity contribution in [3.05, 3.63) is 64.7 Å². The maximum atomic E-state index is 13.2. The van der Waals surface area contributed by atoms with Crippen LogP contribution in [-0.2, 0) is 16.1 Å². The third-order valence-electron chi connectivity index (χ3n) is 5.10. The zero-order valence-corrected chi connectivity index (χ0v) is 18.9. The number of nitrogens with one attached hydrogen (secondary N) is 1. The molecule has 0 unspecified atom stereocenters. The Hall–Kier alpha value is -2.53. The fourth-order valence-corrected chi connectivity index (χ4v) is 3.21. The molecular weight excluding hydrogens is 400 g/mol. The van der Waals surface area contributed by atoms with Crippen molar-refractivity contribution < 1.29 is 14.3 Å². The molecule has 0 spiro atoms. The fraction of sp³-hybridized carbons (Fsp3) is 0.417. The molecule has 162 valence electrons. The van der Waals surface area contributed by atoms with E-state index in [2.05, 4.69) is 5.32 Å². The second-order valence-corrected chi connectivity index (χ2v) is 7.88. The van der Waals surface area contributed by atoms with Crippen molar-refractivity contribution in [1.29, 1.82) is 0 Å². The molecule has 0 saturated heterocycles. The standard InChI is InChI=1S/C24H31ClN2O3/c1-5-18(4)26-24(29)21(6-2)27(15-19-11-13-20(25)14-12-19)23(28)16-30-22-10-8-7-9-17(22)3/h7-14,18,21H,5-6,15-16H2,1-4H3,(H,26,29)/t18-,21+/m0/s1. The average Bonchev–Trinajstić information content (AvgIpc) is 2.74. The van der Waals surface area contributed by atoms with E-state index in [0.29, 0.717) is 23.7 Å². The smallest absolute Gasteiger partial charge is 0.261 e. The number of nitrogens with zero attached hydrogens (tertiary/aromatic N) is 1. The van der Waals surface area contributed by atoms with Crippen molar-refractivity contribution in [2.75, 3.05) is 6.61 Å². The number of hydrogen-bond acceptors (Lipinski definition) is 3. The first-order valence-corrected chi connectivity index (χ1v) is 10.8. The summed E-state index contributed by atoms with van der Waals surface area (Å²) in [5, 5.41) is 3.62. The number of ether oxygens (including phenoxy) is 1. The van der Waals surface area contributed by atoms with Gasteiger partial charge in [-0.05, 0) is 56.0 Å². The molecule has 0 aromatic heterocycles. The summed E-state index contributed by atoms with van der Waals surface area (Å²) in [5.74, 6) is 0.277. The molecule has 5 nitrogen and oxygen atoms in total. The summed E-state index contributed by atoms with van der Waals surface area (Å²) in [6, 6.07) is 14.3. The monoisotopic (exact) mass is 430 g/mol. The fourth-order valence-electron chi connectivity index (χ4n) is 3.09. The molecule has 2 rings (SSSR count). The van der Waals surface area contributed by atoms with Crippen LogP contribution >= 0.6 is 11.6 Å². The highest BCUT2D eigenvalue weighted by molar-refractivity contribution is 6.30. The summed E-state index contributed by atoms with van der Waals surface area (Å²) >= 11 is 5.99. The SMILES string of the molecule is CC[C@H](C(=O)N[C@@H](C)CC)N(Cc1ccc(Cl)cc1)C(=O)COc1ccccc1C. The number of halogens is 1. The molecule has 2 aromatic carbocycles. The molecule has 6 heteroatoms. The molecule has 0 fully saturated rings. The van der Waals surface area contributed by atoms with E-state index >= 15 is 0 Å². The summed E-state index contributed by atoms with van der Waals surface area (Å²) in [5.41, 5.74) is 1.86. The van der Waals surface area contributed by atoms with Gasteiger partial charge in [-0.3, -0.25) is 9.59 Å². The maximum Gasteiger partial charge on any atom is 0.261 e. The molecule has 2 amide bonds. The summed E-state index contributed by atoms with van der Waals surface area (Å²) < 4.78 is 5.77. The lowest BCUT2D eigenvalue weighted by Crippen LogP contribution is -2.51. The lowest BCUT2D eigenvalue weighted by Gasteiger charge is -2.31. The van der Waals surface area contributed by atoms with E-state index in [1.165, 1.54) is 0 Å². The van der Waals surface area contributed by atoms with Crippen LogP contribution in [0, 0.1) is 6.92 Å². The number of hydrogen-bond donors (Lipinski definition) is 1. The third-order valence-corrected chi connectivity index (χ3v) is 5.35. The number of amides is 2. The number of rotatable bonds is 10. The largest absolute Gasteiger partial charge is 0.484 e. The van der Waals surface area contributed by atoms with Gasteiger partial charge in [0.1, 0.15) is 11.8 Å². The molecule has 2 atom stereocenters. The molecule has 0 bridgehead atoms. The van der Waals surface area contributed by atoms with Gasteiger partial charge >= 0.3 is 0 Å². The number of para-hydroxylation sites is 1. The van der Waals surface area contributed by atoms with E-state index < -0.39 is 6.04 Å². The number of carbonyl (C=O) groups excluding carboxylic acids is 2. The summed E-state index contributed by atoms with van der Waals surface area (Å²) in [4.78, 5) is 27.6. The van der Waals surface area contributed by atoms with E-state index in [1.54, 1.807) is 17.0 Å². The Morgan fingerprint density at radius 2 is 1.73 bits per heavy atom. The zero-order chi connectivity index (χ0) is 22.1. The third kappa shape index (κ3) is 6.77. The lowest BCUT2D eigenvalue weighted by molar-refractivity contribution is -0.143. The van der Waals surface area contributed by atoms with Gasteiger partial charge in [-0.15, -0.1) is 0 Å². The van der Waals surface area contributed by atoms with Crippen molar-refractivity contribution in [3.63, 3.8) is 0 Å². The van der Waals surface area contributed by atoms with E-state index in [9.17, 15) is 9.59 Å². The number of benzene rings is 2. The van der Waals surface area contributed by atoms with E-state index in [0.717, 1.165) is 17.5 Å². The predicted molar refractivity (Wildman–Crippen MR) is 121 cm³/mol. The summed E-state index contributed by atoms with van der Waals surface area (Å²) in [6.45, 7) is 7.98. The summed E-state index contributed by atoms with van der Waals surface area (Å²) in [6.07, 6.45) is 1.33. The van der Waals surface area contributed by atoms with Crippen LogP contribution in [0.3, 0.4) is 0 Å². The van der Waals surface area contributed by atoms with Gasteiger partial charge in [0.15, 0.2) is 6.61 Å². The first-order chi connectivity index (χ1) is 14.3.